The Hall–Kier alpha value is -4.44. The Labute approximate surface area is 232 Å². The molecule has 3 heteroatoms. The van der Waals surface area contributed by atoms with Crippen LogP contribution in [0.5, 0.6) is 0 Å². The highest BCUT2D eigenvalue weighted by Gasteiger charge is 2.18. The van der Waals surface area contributed by atoms with E-state index in [0.717, 1.165) is 0 Å². The highest BCUT2D eigenvalue weighted by Crippen LogP contribution is 2.45. The zero-order valence-corrected chi connectivity index (χ0v) is 22.5. The molecule has 3 aromatic heterocycles. The minimum atomic E-state index is 1.25. The lowest BCUT2D eigenvalue weighted by molar-refractivity contribution is 1.20. The number of nitrogens with zero attached hydrogens (tertiary/aromatic N) is 1. The fourth-order valence-electron chi connectivity index (χ4n) is 6.33. The monoisotopic (exact) mass is 531 g/mol. The van der Waals surface area contributed by atoms with Gasteiger partial charge in [-0.15, -0.1) is 22.7 Å². The molecule has 0 N–H and O–H groups in total. The summed E-state index contributed by atoms with van der Waals surface area (Å²) in [7, 11) is 0. The van der Waals surface area contributed by atoms with Crippen molar-refractivity contribution in [3.63, 3.8) is 0 Å². The van der Waals surface area contributed by atoms with Crippen LogP contribution in [0.25, 0.3) is 79.0 Å². The Morgan fingerprint density at radius 3 is 1.90 bits per heavy atom. The van der Waals surface area contributed by atoms with Gasteiger partial charge in [-0.2, -0.15) is 0 Å². The van der Waals surface area contributed by atoms with E-state index >= 15 is 0 Å². The molecule has 0 saturated heterocycles. The van der Waals surface area contributed by atoms with Crippen LogP contribution in [0.2, 0.25) is 0 Å². The van der Waals surface area contributed by atoms with E-state index in [1.165, 1.54) is 79.0 Å². The SMILES string of the molecule is c1ccc2c(c1)sc1cc(-c3cccc4sc5c(-n6c7ccccc7c7ccccc76)cccc5c34)ccc12. The molecule has 0 unspecified atom stereocenters. The molecule has 3 heterocycles. The van der Waals surface area contributed by atoms with Gasteiger partial charge in [0, 0.05) is 46.4 Å². The highest BCUT2D eigenvalue weighted by atomic mass is 32.1. The van der Waals surface area contributed by atoms with Crippen molar-refractivity contribution < 1.29 is 0 Å². The molecular formula is C36H21NS2. The van der Waals surface area contributed by atoms with Crippen molar-refractivity contribution in [2.24, 2.45) is 0 Å². The first-order chi connectivity index (χ1) is 19.3. The summed E-state index contributed by atoms with van der Waals surface area (Å²) in [6, 6.07) is 46.8. The minimum absolute atomic E-state index is 1.25. The van der Waals surface area contributed by atoms with Crippen LogP contribution in [-0.4, -0.2) is 4.57 Å². The van der Waals surface area contributed by atoms with Gasteiger partial charge in [-0.05, 0) is 47.5 Å². The van der Waals surface area contributed by atoms with Gasteiger partial charge in [-0.3, -0.25) is 0 Å². The van der Waals surface area contributed by atoms with Gasteiger partial charge in [-0.25, -0.2) is 0 Å². The normalized spacial score (nSPS) is 12.1. The van der Waals surface area contributed by atoms with Crippen molar-refractivity contribution in [1.29, 1.82) is 0 Å². The van der Waals surface area contributed by atoms with Crippen molar-refractivity contribution >= 4 is 84.8 Å². The van der Waals surface area contributed by atoms with Gasteiger partial charge in [-0.1, -0.05) is 91.0 Å². The van der Waals surface area contributed by atoms with Crippen LogP contribution >= 0.6 is 22.7 Å². The molecule has 0 aliphatic rings. The summed E-state index contributed by atoms with van der Waals surface area (Å²) >= 11 is 3.79. The zero-order valence-electron chi connectivity index (χ0n) is 20.9. The van der Waals surface area contributed by atoms with Gasteiger partial charge >= 0.3 is 0 Å². The van der Waals surface area contributed by atoms with Gasteiger partial charge < -0.3 is 4.57 Å². The van der Waals surface area contributed by atoms with E-state index in [9.17, 15) is 0 Å². The first kappa shape index (κ1) is 21.5. The van der Waals surface area contributed by atoms with Crippen molar-refractivity contribution in [2.45, 2.75) is 0 Å². The van der Waals surface area contributed by atoms with Crippen LogP contribution in [0, 0.1) is 0 Å². The Morgan fingerprint density at radius 1 is 0.436 bits per heavy atom. The summed E-state index contributed by atoms with van der Waals surface area (Å²) in [5.41, 5.74) is 6.33. The van der Waals surface area contributed by atoms with Crippen LogP contribution in [0.15, 0.2) is 127 Å². The van der Waals surface area contributed by atoms with E-state index in [1.807, 2.05) is 22.7 Å². The molecule has 0 atom stereocenters. The van der Waals surface area contributed by atoms with Gasteiger partial charge in [0.2, 0.25) is 0 Å². The number of fused-ring (bicyclic) bond motifs is 9. The molecule has 9 rings (SSSR count). The molecule has 0 aliphatic carbocycles. The standard InChI is InChI=1S/C36H21NS2/c1-4-14-29-24(9-1)25-10-2-5-15-30(25)37(29)31-16-7-13-28-35-23(12-8-18-33(35)39-36(28)31)22-19-20-27-26-11-3-6-17-32(26)38-34(27)21-22/h1-21H. The topological polar surface area (TPSA) is 4.93 Å². The number of aromatic nitrogens is 1. The van der Waals surface area contributed by atoms with Gasteiger partial charge in [0.1, 0.15) is 0 Å². The lowest BCUT2D eigenvalue weighted by Gasteiger charge is -2.10. The Morgan fingerprint density at radius 2 is 1.08 bits per heavy atom. The lowest BCUT2D eigenvalue weighted by atomic mass is 9.98. The Kier molecular flexibility index (Phi) is 4.43. The minimum Gasteiger partial charge on any atom is -0.308 e. The quantitative estimate of drug-likeness (QED) is 0.209. The summed E-state index contributed by atoms with van der Waals surface area (Å²) in [6.07, 6.45) is 0. The fraction of sp³-hybridized carbons (Fsp3) is 0. The second-order valence-electron chi connectivity index (χ2n) is 10.1. The number of rotatable bonds is 2. The number of hydrogen-bond donors (Lipinski definition) is 0. The largest absolute Gasteiger partial charge is 0.308 e. The molecule has 0 aliphatic heterocycles. The van der Waals surface area contributed by atoms with Crippen molar-refractivity contribution in [1.82, 2.24) is 4.57 Å². The first-order valence-corrected chi connectivity index (χ1v) is 14.8. The van der Waals surface area contributed by atoms with Crippen LogP contribution < -0.4 is 0 Å². The van der Waals surface area contributed by atoms with Crippen LogP contribution in [-0.2, 0) is 0 Å². The molecule has 0 radical (unpaired) electrons. The summed E-state index contributed by atoms with van der Waals surface area (Å²) in [6.45, 7) is 0. The predicted molar refractivity (Wildman–Crippen MR) is 172 cm³/mol. The molecule has 0 amide bonds. The van der Waals surface area contributed by atoms with E-state index in [1.54, 1.807) is 0 Å². The van der Waals surface area contributed by atoms with Crippen LogP contribution in [0.4, 0.5) is 0 Å². The summed E-state index contributed by atoms with van der Waals surface area (Å²) in [4.78, 5) is 0. The summed E-state index contributed by atoms with van der Waals surface area (Å²) in [5.74, 6) is 0. The Bertz CT molecular complexity index is 2350. The fourth-order valence-corrected chi connectivity index (χ4v) is 8.70. The Balaban J connectivity index is 1.33. The van der Waals surface area contributed by atoms with Crippen molar-refractivity contribution in [3.05, 3.63) is 127 Å². The summed E-state index contributed by atoms with van der Waals surface area (Å²) < 4.78 is 7.79. The predicted octanol–water partition coefficient (Wildman–Crippen LogP) is 11.2. The maximum absolute atomic E-state index is 2.45. The van der Waals surface area contributed by atoms with E-state index in [0.29, 0.717) is 0 Å². The molecule has 182 valence electrons. The van der Waals surface area contributed by atoms with Crippen molar-refractivity contribution in [3.8, 4) is 16.8 Å². The average Bonchev–Trinajstić information content (AvgIpc) is 3.66. The van der Waals surface area contributed by atoms with Crippen molar-refractivity contribution in [2.75, 3.05) is 0 Å². The van der Waals surface area contributed by atoms with E-state index < -0.39 is 0 Å². The number of para-hydroxylation sites is 2. The third kappa shape index (κ3) is 3.00. The first-order valence-electron chi connectivity index (χ1n) is 13.2. The molecule has 1 nitrogen and oxygen atoms in total. The maximum atomic E-state index is 2.45. The maximum Gasteiger partial charge on any atom is 0.0640 e. The van der Waals surface area contributed by atoms with Crippen LogP contribution in [0.3, 0.4) is 0 Å². The molecule has 6 aromatic carbocycles. The third-order valence-corrected chi connectivity index (χ3v) is 10.3. The van der Waals surface area contributed by atoms with Gasteiger partial charge in [0.05, 0.1) is 21.4 Å². The molecule has 0 spiro atoms. The van der Waals surface area contributed by atoms with Gasteiger partial charge in [0.25, 0.3) is 0 Å². The van der Waals surface area contributed by atoms with E-state index in [4.69, 9.17) is 0 Å². The number of hydrogen-bond acceptors (Lipinski definition) is 2. The van der Waals surface area contributed by atoms with E-state index in [2.05, 4.69) is 132 Å². The second-order valence-corrected chi connectivity index (χ2v) is 12.2. The average molecular weight is 532 g/mol. The third-order valence-electron chi connectivity index (χ3n) is 8.01. The van der Waals surface area contributed by atoms with Crippen LogP contribution in [0.1, 0.15) is 0 Å². The molecule has 0 saturated carbocycles. The molecule has 9 aromatic rings. The second kappa shape index (κ2) is 8.03. The zero-order chi connectivity index (χ0) is 25.5. The lowest BCUT2D eigenvalue weighted by Crippen LogP contribution is -1.93. The highest BCUT2D eigenvalue weighted by molar-refractivity contribution is 7.26. The molecule has 0 bridgehead atoms. The molecular weight excluding hydrogens is 511 g/mol. The van der Waals surface area contributed by atoms with E-state index in [-0.39, 0.29) is 0 Å². The van der Waals surface area contributed by atoms with Gasteiger partial charge in [0.15, 0.2) is 0 Å². The number of benzene rings is 6. The summed E-state index contributed by atoms with van der Waals surface area (Å²) in [5, 5.41) is 7.95. The molecule has 0 fully saturated rings. The smallest absolute Gasteiger partial charge is 0.0640 e. The molecule has 39 heavy (non-hydrogen) atoms. The number of thiophene rings is 2.